The molecule has 0 aliphatic heterocycles. The number of hydrogen-bond acceptors (Lipinski definition) is 2. The fraction of sp³-hybridized carbons (Fsp3) is 0.824. The highest BCUT2D eigenvalue weighted by molar-refractivity contribution is 5.31. The summed E-state index contributed by atoms with van der Waals surface area (Å²) < 4.78 is 14.2. The number of rotatable bonds is 26. The highest BCUT2D eigenvalue weighted by Crippen LogP contribution is 2.19. The van der Waals surface area contributed by atoms with Crippen molar-refractivity contribution >= 4 is 0 Å². The molecule has 4 nitrogen and oxygen atoms in total. The Kier molecular flexibility index (Phi) is 19.7. The third-order valence-electron chi connectivity index (χ3n) is 7.91. The van der Waals surface area contributed by atoms with E-state index in [0.717, 1.165) is 46.5 Å². The summed E-state index contributed by atoms with van der Waals surface area (Å²) in [6.45, 7) is 11.2. The van der Waals surface area contributed by atoms with Crippen molar-refractivity contribution in [2.75, 3.05) is 67.6 Å². The van der Waals surface area contributed by atoms with E-state index in [1.807, 2.05) is 24.3 Å². The van der Waals surface area contributed by atoms with Gasteiger partial charge in [-0.3, -0.25) is 0 Å². The third-order valence-corrected chi connectivity index (χ3v) is 7.91. The van der Waals surface area contributed by atoms with Gasteiger partial charge in [-0.05, 0) is 75.6 Å². The molecule has 0 amide bonds. The number of unbranched alkanes of at least 4 members (excludes halogenated alkanes) is 12. The van der Waals surface area contributed by atoms with Gasteiger partial charge in [-0.25, -0.2) is 0 Å². The maximum absolute atomic E-state index is 5.99. The first kappa shape index (κ1) is 34.8. The SMILES string of the molecule is CCCCCCCC[N+](C)(C)CCCCOc1ccc(OCCCC[N+](C)(C)CCCCCCCC)cc1. The predicted molar refractivity (Wildman–Crippen MR) is 166 cm³/mol. The molecule has 0 saturated carbocycles. The smallest absolute Gasteiger partial charge is 0.119 e. The Morgan fingerprint density at radius 3 is 1.05 bits per heavy atom. The molecule has 0 aliphatic carbocycles. The van der Waals surface area contributed by atoms with Crippen LogP contribution in [0.25, 0.3) is 0 Å². The molecule has 0 heterocycles. The molecule has 1 rings (SSSR count). The largest absolute Gasteiger partial charge is 0.494 e. The van der Waals surface area contributed by atoms with Crippen LogP contribution in [-0.2, 0) is 0 Å². The number of quaternary nitrogens is 2. The van der Waals surface area contributed by atoms with E-state index in [0.29, 0.717) is 0 Å². The maximum Gasteiger partial charge on any atom is 0.119 e. The molecule has 0 atom stereocenters. The van der Waals surface area contributed by atoms with Crippen LogP contribution in [-0.4, -0.2) is 76.5 Å². The zero-order valence-electron chi connectivity index (χ0n) is 26.6. The molecule has 0 aliphatic rings. The summed E-state index contributed by atoms with van der Waals surface area (Å²) in [6.07, 6.45) is 21.3. The zero-order chi connectivity index (χ0) is 28.0. The van der Waals surface area contributed by atoms with Gasteiger partial charge in [0.1, 0.15) is 11.5 Å². The van der Waals surface area contributed by atoms with Crippen LogP contribution >= 0.6 is 0 Å². The maximum atomic E-state index is 5.99. The molecule has 0 fully saturated rings. The summed E-state index contributed by atoms with van der Waals surface area (Å²) in [5.41, 5.74) is 0. The van der Waals surface area contributed by atoms with Gasteiger partial charge in [0.2, 0.25) is 0 Å². The summed E-state index contributed by atoms with van der Waals surface area (Å²) in [5.74, 6) is 1.90. The topological polar surface area (TPSA) is 18.5 Å². The van der Waals surface area contributed by atoms with Crippen molar-refractivity contribution in [2.24, 2.45) is 0 Å². The quantitative estimate of drug-likeness (QED) is 0.0872. The molecule has 0 radical (unpaired) electrons. The molecule has 0 bridgehead atoms. The highest BCUT2D eigenvalue weighted by Gasteiger charge is 2.14. The van der Waals surface area contributed by atoms with Gasteiger partial charge in [0, 0.05) is 0 Å². The normalized spacial score (nSPS) is 12.2. The van der Waals surface area contributed by atoms with Gasteiger partial charge < -0.3 is 18.4 Å². The van der Waals surface area contributed by atoms with Crippen LogP contribution < -0.4 is 9.47 Å². The summed E-state index contributed by atoms with van der Waals surface area (Å²) in [7, 11) is 9.51. The molecule has 222 valence electrons. The Morgan fingerprint density at radius 1 is 0.421 bits per heavy atom. The molecule has 0 unspecified atom stereocenters. The minimum atomic E-state index is 0.796. The second-order valence-corrected chi connectivity index (χ2v) is 12.9. The van der Waals surface area contributed by atoms with Crippen LogP contribution in [0.15, 0.2) is 24.3 Å². The van der Waals surface area contributed by atoms with Crippen LogP contribution in [0.2, 0.25) is 0 Å². The number of hydrogen-bond donors (Lipinski definition) is 0. The van der Waals surface area contributed by atoms with E-state index in [1.54, 1.807) is 0 Å². The lowest BCUT2D eigenvalue weighted by Gasteiger charge is -2.30. The summed E-state index contributed by atoms with van der Waals surface area (Å²) in [4.78, 5) is 0. The van der Waals surface area contributed by atoms with E-state index in [-0.39, 0.29) is 0 Å². The second kappa shape index (κ2) is 21.5. The van der Waals surface area contributed by atoms with Crippen molar-refractivity contribution in [3.05, 3.63) is 24.3 Å². The van der Waals surface area contributed by atoms with Gasteiger partial charge in [-0.15, -0.1) is 0 Å². The standard InChI is InChI=1S/C34H66N2O2/c1-7-9-11-13-15-17-27-35(3,4)29-19-21-31-37-33-23-25-34(26-24-33)38-32-22-20-30-36(5,6)28-18-16-14-12-10-8-2/h23-26H,7-22,27-32H2,1-6H3/q+2. The van der Waals surface area contributed by atoms with E-state index < -0.39 is 0 Å². The summed E-state index contributed by atoms with van der Waals surface area (Å²) in [5, 5.41) is 0. The number of nitrogens with zero attached hydrogens (tertiary/aromatic N) is 2. The Hall–Kier alpha value is -1.26. The lowest BCUT2D eigenvalue weighted by atomic mass is 10.1. The van der Waals surface area contributed by atoms with Crippen molar-refractivity contribution in [3.63, 3.8) is 0 Å². The first-order chi connectivity index (χ1) is 18.3. The molecule has 0 N–H and O–H groups in total. The van der Waals surface area contributed by atoms with Gasteiger partial charge in [0.15, 0.2) is 0 Å². The fourth-order valence-corrected chi connectivity index (χ4v) is 5.16. The minimum Gasteiger partial charge on any atom is -0.494 e. The molecule has 0 spiro atoms. The lowest BCUT2D eigenvalue weighted by Crippen LogP contribution is -2.41. The van der Waals surface area contributed by atoms with Crippen molar-refractivity contribution in [1.29, 1.82) is 0 Å². The average molecular weight is 535 g/mol. The third kappa shape index (κ3) is 19.8. The van der Waals surface area contributed by atoms with Gasteiger partial charge in [0.05, 0.1) is 67.6 Å². The second-order valence-electron chi connectivity index (χ2n) is 12.9. The predicted octanol–water partition coefficient (Wildman–Crippen LogP) is 8.88. The summed E-state index contributed by atoms with van der Waals surface area (Å²) >= 11 is 0. The molecule has 0 aromatic heterocycles. The zero-order valence-corrected chi connectivity index (χ0v) is 26.6. The van der Waals surface area contributed by atoms with E-state index in [2.05, 4.69) is 42.0 Å². The Morgan fingerprint density at radius 2 is 0.711 bits per heavy atom. The number of benzene rings is 1. The van der Waals surface area contributed by atoms with Crippen LogP contribution in [0.1, 0.15) is 117 Å². The Balaban J connectivity index is 2.07. The molecular formula is C34H66N2O2+2. The van der Waals surface area contributed by atoms with E-state index in [4.69, 9.17) is 9.47 Å². The Labute approximate surface area is 238 Å². The van der Waals surface area contributed by atoms with E-state index >= 15 is 0 Å². The minimum absolute atomic E-state index is 0.796. The van der Waals surface area contributed by atoms with Crippen LogP contribution in [0.5, 0.6) is 11.5 Å². The molecular weight excluding hydrogens is 468 g/mol. The molecule has 1 aromatic rings. The monoisotopic (exact) mass is 535 g/mol. The average Bonchev–Trinajstić information content (AvgIpc) is 2.88. The molecule has 38 heavy (non-hydrogen) atoms. The molecule has 4 heteroatoms. The van der Waals surface area contributed by atoms with Gasteiger partial charge in [-0.1, -0.05) is 65.2 Å². The van der Waals surface area contributed by atoms with Crippen LogP contribution in [0.3, 0.4) is 0 Å². The summed E-state index contributed by atoms with van der Waals surface area (Å²) in [6, 6.07) is 8.20. The molecule has 0 saturated heterocycles. The first-order valence-electron chi connectivity index (χ1n) is 16.3. The van der Waals surface area contributed by atoms with Gasteiger partial charge >= 0.3 is 0 Å². The first-order valence-corrected chi connectivity index (χ1v) is 16.3. The van der Waals surface area contributed by atoms with Crippen molar-refractivity contribution in [3.8, 4) is 11.5 Å². The van der Waals surface area contributed by atoms with E-state index in [9.17, 15) is 0 Å². The lowest BCUT2D eigenvalue weighted by molar-refractivity contribution is -0.890. The Bertz CT molecular complexity index is 600. The fourth-order valence-electron chi connectivity index (χ4n) is 5.16. The van der Waals surface area contributed by atoms with Crippen LogP contribution in [0.4, 0.5) is 0 Å². The van der Waals surface area contributed by atoms with Crippen LogP contribution in [0, 0.1) is 0 Å². The highest BCUT2D eigenvalue weighted by atomic mass is 16.5. The van der Waals surface area contributed by atoms with Crippen molar-refractivity contribution in [1.82, 2.24) is 0 Å². The molecule has 1 aromatic carbocycles. The number of ether oxygens (including phenoxy) is 2. The van der Waals surface area contributed by atoms with Crippen molar-refractivity contribution in [2.45, 2.75) is 117 Å². The van der Waals surface area contributed by atoms with Crippen molar-refractivity contribution < 1.29 is 18.4 Å². The van der Waals surface area contributed by atoms with E-state index in [1.165, 1.54) is 116 Å². The van der Waals surface area contributed by atoms with Gasteiger partial charge in [0.25, 0.3) is 0 Å². The van der Waals surface area contributed by atoms with Gasteiger partial charge in [-0.2, -0.15) is 0 Å².